The number of hydrogen-bond acceptors (Lipinski definition) is 6. The van der Waals surface area contributed by atoms with Gasteiger partial charge in [-0.2, -0.15) is 11.8 Å². The van der Waals surface area contributed by atoms with Crippen LogP contribution in [0.4, 0.5) is 0 Å². The smallest absolute Gasteiger partial charge is 0.303 e. The van der Waals surface area contributed by atoms with E-state index >= 15 is 0 Å². The molecule has 0 amide bonds. The van der Waals surface area contributed by atoms with E-state index in [1.165, 1.54) is 31.4 Å². The van der Waals surface area contributed by atoms with Crippen LogP contribution in [0.5, 0.6) is 5.75 Å². The second-order valence-electron chi connectivity index (χ2n) is 10.2. The second kappa shape index (κ2) is 12.9. The highest BCUT2D eigenvalue weighted by molar-refractivity contribution is 7.99. The van der Waals surface area contributed by atoms with Crippen molar-refractivity contribution in [1.82, 2.24) is 9.88 Å². The molecule has 0 radical (unpaired) electrons. The molecule has 1 saturated heterocycles. The third-order valence-corrected chi connectivity index (χ3v) is 9.35. The molecular weight excluding hydrogens is 460 g/mol. The minimum absolute atomic E-state index is 0.226. The molecule has 1 aliphatic carbocycles. The molecule has 2 fully saturated rings. The normalized spacial score (nSPS) is 22.1. The van der Waals surface area contributed by atoms with Crippen molar-refractivity contribution in [3.8, 4) is 5.75 Å². The Morgan fingerprint density at radius 1 is 1.23 bits per heavy atom. The van der Waals surface area contributed by atoms with Gasteiger partial charge in [-0.05, 0) is 105 Å². The summed E-state index contributed by atoms with van der Waals surface area (Å²) in [4.78, 5) is 18.3. The van der Waals surface area contributed by atoms with Crippen LogP contribution in [-0.2, 0) is 4.79 Å². The van der Waals surface area contributed by atoms with Gasteiger partial charge in [-0.25, -0.2) is 0 Å². The number of fused-ring (bicyclic) bond motifs is 1. The van der Waals surface area contributed by atoms with E-state index in [9.17, 15) is 15.0 Å². The van der Waals surface area contributed by atoms with Gasteiger partial charge in [0.2, 0.25) is 0 Å². The number of carbonyl (C=O) groups is 1. The maximum Gasteiger partial charge on any atom is 0.303 e. The molecule has 0 spiro atoms. The number of piperidine rings is 1. The highest BCUT2D eigenvalue weighted by Gasteiger charge is 2.30. The van der Waals surface area contributed by atoms with Gasteiger partial charge in [-0.1, -0.05) is 6.42 Å². The summed E-state index contributed by atoms with van der Waals surface area (Å²) >= 11 is 2.14. The van der Waals surface area contributed by atoms with Gasteiger partial charge in [0.15, 0.2) is 0 Å². The molecular formula is C28H40N2O4S. The van der Waals surface area contributed by atoms with Crippen LogP contribution in [0.25, 0.3) is 10.9 Å². The first-order valence-corrected chi connectivity index (χ1v) is 14.2. The van der Waals surface area contributed by atoms with E-state index in [1.807, 2.05) is 24.3 Å². The van der Waals surface area contributed by atoms with Crippen molar-refractivity contribution in [3.05, 3.63) is 36.0 Å². The summed E-state index contributed by atoms with van der Waals surface area (Å²) in [5.74, 6) is 2.11. The molecule has 1 aromatic carbocycles. The number of aliphatic carboxylic acids is 1. The lowest BCUT2D eigenvalue weighted by molar-refractivity contribution is -0.137. The number of hydrogen-bond donors (Lipinski definition) is 2. The van der Waals surface area contributed by atoms with Crippen LogP contribution in [0.2, 0.25) is 0 Å². The summed E-state index contributed by atoms with van der Waals surface area (Å²) in [6.45, 7) is 3.18. The van der Waals surface area contributed by atoms with Crippen molar-refractivity contribution in [2.75, 3.05) is 32.5 Å². The number of rotatable bonds is 13. The van der Waals surface area contributed by atoms with E-state index in [0.717, 1.165) is 66.4 Å². The quantitative estimate of drug-likeness (QED) is 0.350. The highest BCUT2D eigenvalue weighted by atomic mass is 32.2. The Kier molecular flexibility index (Phi) is 9.69. The second-order valence-corrected chi connectivity index (χ2v) is 11.6. The van der Waals surface area contributed by atoms with E-state index in [-0.39, 0.29) is 6.42 Å². The minimum Gasteiger partial charge on any atom is -0.497 e. The fraction of sp³-hybridized carbons (Fsp3) is 0.643. The zero-order chi connectivity index (χ0) is 24.6. The lowest BCUT2D eigenvalue weighted by Crippen LogP contribution is -2.41. The Morgan fingerprint density at radius 3 is 2.83 bits per heavy atom. The van der Waals surface area contributed by atoms with E-state index in [4.69, 9.17) is 4.74 Å². The molecule has 35 heavy (non-hydrogen) atoms. The zero-order valence-corrected chi connectivity index (χ0v) is 21.7. The van der Waals surface area contributed by atoms with Crippen molar-refractivity contribution < 1.29 is 19.7 Å². The molecule has 3 atom stereocenters. The largest absolute Gasteiger partial charge is 0.497 e. The fourth-order valence-corrected chi connectivity index (χ4v) is 6.84. The Balaban J connectivity index is 1.32. The van der Waals surface area contributed by atoms with Crippen LogP contribution in [0.1, 0.15) is 69.5 Å². The van der Waals surface area contributed by atoms with E-state index in [1.54, 1.807) is 13.3 Å². The summed E-state index contributed by atoms with van der Waals surface area (Å²) in [5.41, 5.74) is 1.74. The van der Waals surface area contributed by atoms with Crippen molar-refractivity contribution in [2.45, 2.75) is 69.1 Å². The molecule has 2 unspecified atom stereocenters. The summed E-state index contributed by atoms with van der Waals surface area (Å²) in [6.07, 6.45) is 10.2. The number of benzene rings is 1. The van der Waals surface area contributed by atoms with Gasteiger partial charge in [-0.15, -0.1) is 0 Å². The van der Waals surface area contributed by atoms with Crippen LogP contribution in [0, 0.1) is 11.8 Å². The lowest BCUT2D eigenvalue weighted by atomic mass is 9.79. The van der Waals surface area contributed by atoms with Gasteiger partial charge < -0.3 is 19.8 Å². The number of carboxylic acid groups (broad SMARTS) is 1. The van der Waals surface area contributed by atoms with Crippen molar-refractivity contribution >= 4 is 28.6 Å². The minimum atomic E-state index is -0.713. The predicted molar refractivity (Wildman–Crippen MR) is 142 cm³/mol. The summed E-state index contributed by atoms with van der Waals surface area (Å²) < 4.78 is 5.37. The Bertz CT molecular complexity index is 967. The average Bonchev–Trinajstić information content (AvgIpc) is 2.84. The van der Waals surface area contributed by atoms with Crippen molar-refractivity contribution in [2.24, 2.45) is 11.8 Å². The lowest BCUT2D eigenvalue weighted by Gasteiger charge is -2.39. The Morgan fingerprint density at radius 2 is 2.09 bits per heavy atom. The third kappa shape index (κ3) is 7.34. The molecule has 4 rings (SSSR count). The number of methoxy groups -OCH3 is 1. The van der Waals surface area contributed by atoms with E-state index < -0.39 is 12.1 Å². The molecule has 2 aliphatic rings. The number of likely N-dealkylation sites (tertiary alicyclic amines) is 1. The molecule has 7 heteroatoms. The number of aliphatic hydroxyl groups excluding tert-OH is 1. The molecule has 1 aromatic heterocycles. The predicted octanol–water partition coefficient (Wildman–Crippen LogP) is 5.54. The van der Waals surface area contributed by atoms with Crippen molar-refractivity contribution in [1.29, 1.82) is 0 Å². The topological polar surface area (TPSA) is 82.9 Å². The number of thioether (sulfide) groups is 1. The van der Waals surface area contributed by atoms with Crippen molar-refractivity contribution in [3.63, 3.8) is 0 Å². The van der Waals surface area contributed by atoms with Crippen LogP contribution in [-0.4, -0.2) is 63.8 Å². The standard InChI is InChI=1S/C28H40N2O4S/c1-34-22-8-9-26-25(18-22)24(12-14-29-26)27(31)10-6-20-13-16-30(19-21(20)7-11-28(32)33)15-3-17-35-23-4-2-5-23/h8-9,12,14,18,20-21,23,27,31H,2-7,10-11,13,15-17,19H2,1H3,(H,32,33)/t20?,21?,27-/m0/s1. The van der Waals surface area contributed by atoms with Crippen LogP contribution in [0.15, 0.2) is 30.5 Å². The van der Waals surface area contributed by atoms with Gasteiger partial charge in [0.1, 0.15) is 5.75 Å². The summed E-state index contributed by atoms with van der Waals surface area (Å²) in [5, 5.41) is 22.2. The molecule has 6 nitrogen and oxygen atoms in total. The molecule has 2 heterocycles. The first-order valence-electron chi connectivity index (χ1n) is 13.2. The molecule has 1 aliphatic heterocycles. The van der Waals surface area contributed by atoms with E-state index in [0.29, 0.717) is 18.3 Å². The molecule has 2 N–H and O–H groups in total. The highest BCUT2D eigenvalue weighted by Crippen LogP contribution is 2.36. The maximum absolute atomic E-state index is 11.3. The number of pyridine rings is 1. The third-order valence-electron chi connectivity index (χ3n) is 7.88. The number of aromatic nitrogens is 1. The molecule has 1 saturated carbocycles. The number of ether oxygens (including phenoxy) is 1. The monoisotopic (exact) mass is 500 g/mol. The molecule has 2 aromatic rings. The molecule has 0 bridgehead atoms. The van der Waals surface area contributed by atoms with Gasteiger partial charge in [0.05, 0.1) is 18.7 Å². The number of carboxylic acids is 1. The SMILES string of the molecule is COc1ccc2nccc([C@@H](O)CCC3CCN(CCCSC4CCC4)CC3CCC(=O)O)c2c1. The van der Waals surface area contributed by atoms with Crippen LogP contribution >= 0.6 is 11.8 Å². The Hall–Kier alpha value is -1.83. The fourth-order valence-electron chi connectivity index (χ4n) is 5.54. The first kappa shape index (κ1) is 26.2. The van der Waals surface area contributed by atoms with Gasteiger partial charge in [0, 0.05) is 29.8 Å². The molecule has 192 valence electrons. The van der Waals surface area contributed by atoms with Gasteiger partial charge >= 0.3 is 5.97 Å². The summed E-state index contributed by atoms with van der Waals surface area (Å²) in [6, 6.07) is 7.65. The number of aliphatic hydroxyl groups is 1. The zero-order valence-electron chi connectivity index (χ0n) is 20.9. The first-order chi connectivity index (χ1) is 17.0. The van der Waals surface area contributed by atoms with Gasteiger partial charge in [-0.3, -0.25) is 9.78 Å². The van der Waals surface area contributed by atoms with Crippen LogP contribution in [0.3, 0.4) is 0 Å². The van der Waals surface area contributed by atoms with E-state index in [2.05, 4.69) is 21.6 Å². The number of nitrogens with zero attached hydrogens (tertiary/aromatic N) is 2. The van der Waals surface area contributed by atoms with Gasteiger partial charge in [0.25, 0.3) is 0 Å². The maximum atomic E-state index is 11.3. The Labute approximate surface area is 213 Å². The van der Waals surface area contributed by atoms with Crippen LogP contribution < -0.4 is 4.74 Å². The average molecular weight is 501 g/mol. The summed E-state index contributed by atoms with van der Waals surface area (Å²) in [7, 11) is 1.64.